The summed E-state index contributed by atoms with van der Waals surface area (Å²) in [5.74, 6) is 0.893. The molecule has 0 bridgehead atoms. The van der Waals surface area contributed by atoms with Crippen LogP contribution in [0.4, 0.5) is 5.69 Å². The Kier molecular flexibility index (Phi) is 6.47. The number of carbonyl (C=O) groups is 1. The Morgan fingerprint density at radius 2 is 1.77 bits per heavy atom. The molecule has 1 saturated heterocycles. The monoisotopic (exact) mass is 433 g/mol. The molecule has 0 atom stereocenters. The molecule has 2 aromatic carbocycles. The van der Waals surface area contributed by atoms with Gasteiger partial charge >= 0.3 is 0 Å². The minimum atomic E-state index is 0.0460. The number of ether oxygens (including phenoxy) is 1. The molecule has 0 saturated carbocycles. The van der Waals surface area contributed by atoms with Crippen molar-refractivity contribution in [3.8, 4) is 5.75 Å². The number of hydrogen-bond acceptors (Lipinski definition) is 5. The Morgan fingerprint density at radius 1 is 0.968 bits per heavy atom. The predicted molar refractivity (Wildman–Crippen MR) is 125 cm³/mol. The molecule has 3 aromatic rings. The smallest absolute Gasteiger partial charge is 0.256 e. The molecule has 4 rings (SSSR count). The largest absolute Gasteiger partial charge is 0.497 e. The first-order valence-electron chi connectivity index (χ1n) is 10.4. The Balaban J connectivity index is 1.46. The van der Waals surface area contributed by atoms with Gasteiger partial charge in [-0.15, -0.1) is 0 Å². The number of rotatable bonds is 5. The molecule has 160 valence electrons. The highest BCUT2D eigenvalue weighted by molar-refractivity contribution is 7.99. The summed E-state index contributed by atoms with van der Waals surface area (Å²) in [6.45, 7) is 7.14. The van der Waals surface area contributed by atoms with Crippen molar-refractivity contribution in [2.45, 2.75) is 23.8 Å². The lowest BCUT2D eigenvalue weighted by Crippen LogP contribution is -2.48. The molecule has 1 amide bonds. The fourth-order valence-corrected chi connectivity index (χ4v) is 4.64. The number of pyridine rings is 1. The van der Waals surface area contributed by atoms with Crippen molar-refractivity contribution in [3.63, 3.8) is 0 Å². The van der Waals surface area contributed by atoms with E-state index in [1.54, 1.807) is 25.1 Å². The molecule has 2 heterocycles. The molecule has 1 aliphatic rings. The van der Waals surface area contributed by atoms with Crippen molar-refractivity contribution in [1.29, 1.82) is 0 Å². The molecule has 31 heavy (non-hydrogen) atoms. The number of piperazine rings is 1. The van der Waals surface area contributed by atoms with Gasteiger partial charge in [0.15, 0.2) is 0 Å². The van der Waals surface area contributed by atoms with E-state index in [-0.39, 0.29) is 5.91 Å². The van der Waals surface area contributed by atoms with E-state index in [2.05, 4.69) is 48.0 Å². The van der Waals surface area contributed by atoms with Gasteiger partial charge < -0.3 is 14.5 Å². The molecular weight excluding hydrogens is 406 g/mol. The number of nitrogens with zero attached hydrogens (tertiary/aromatic N) is 3. The maximum atomic E-state index is 13.3. The fraction of sp³-hybridized carbons (Fsp3) is 0.280. The Morgan fingerprint density at radius 3 is 2.52 bits per heavy atom. The van der Waals surface area contributed by atoms with Crippen molar-refractivity contribution in [2.75, 3.05) is 38.2 Å². The van der Waals surface area contributed by atoms with Crippen LogP contribution in [-0.4, -0.2) is 49.1 Å². The van der Waals surface area contributed by atoms with Crippen LogP contribution in [0.15, 0.2) is 70.7 Å². The third-order valence-electron chi connectivity index (χ3n) is 5.68. The van der Waals surface area contributed by atoms with Crippen molar-refractivity contribution in [1.82, 2.24) is 9.88 Å². The third kappa shape index (κ3) is 4.85. The van der Waals surface area contributed by atoms with Gasteiger partial charge in [0.05, 0.1) is 12.7 Å². The third-order valence-corrected chi connectivity index (χ3v) is 6.69. The molecule has 1 aromatic heterocycles. The van der Waals surface area contributed by atoms with Gasteiger partial charge in [0.2, 0.25) is 0 Å². The Labute approximate surface area is 188 Å². The van der Waals surface area contributed by atoms with Gasteiger partial charge in [0.25, 0.3) is 5.91 Å². The van der Waals surface area contributed by atoms with Gasteiger partial charge in [-0.1, -0.05) is 23.9 Å². The van der Waals surface area contributed by atoms with Crippen LogP contribution in [0, 0.1) is 13.8 Å². The lowest BCUT2D eigenvalue weighted by Gasteiger charge is -2.36. The van der Waals surface area contributed by atoms with Gasteiger partial charge in [-0.05, 0) is 61.4 Å². The van der Waals surface area contributed by atoms with Gasteiger partial charge in [-0.3, -0.25) is 4.79 Å². The first-order valence-corrected chi connectivity index (χ1v) is 11.2. The summed E-state index contributed by atoms with van der Waals surface area (Å²) in [7, 11) is 1.68. The second kappa shape index (κ2) is 9.43. The molecule has 0 unspecified atom stereocenters. The van der Waals surface area contributed by atoms with E-state index < -0.39 is 0 Å². The zero-order valence-electron chi connectivity index (χ0n) is 18.2. The summed E-state index contributed by atoms with van der Waals surface area (Å²) < 4.78 is 5.34. The maximum absolute atomic E-state index is 13.3. The van der Waals surface area contributed by atoms with Crippen LogP contribution in [0.1, 0.15) is 21.5 Å². The minimum Gasteiger partial charge on any atom is -0.497 e. The molecule has 0 radical (unpaired) electrons. The SMILES string of the molecule is COc1cccc(N2CCN(C(=O)c3cccnc3Sc3ccc(C)c(C)c3)CC2)c1. The fourth-order valence-electron chi connectivity index (χ4n) is 3.67. The van der Waals surface area contributed by atoms with Gasteiger partial charge in [-0.25, -0.2) is 4.98 Å². The summed E-state index contributed by atoms with van der Waals surface area (Å²) >= 11 is 1.55. The van der Waals surface area contributed by atoms with Gasteiger partial charge in [0.1, 0.15) is 10.8 Å². The molecule has 6 heteroatoms. The zero-order chi connectivity index (χ0) is 21.8. The van der Waals surface area contributed by atoms with E-state index in [0.717, 1.165) is 34.4 Å². The van der Waals surface area contributed by atoms with Gasteiger partial charge in [0, 0.05) is 49.0 Å². The molecule has 0 N–H and O–H groups in total. The van der Waals surface area contributed by atoms with Crippen LogP contribution in [0.25, 0.3) is 0 Å². The summed E-state index contributed by atoms with van der Waals surface area (Å²) in [6.07, 6.45) is 1.75. The van der Waals surface area contributed by atoms with Crippen molar-refractivity contribution in [3.05, 3.63) is 77.5 Å². The summed E-state index contributed by atoms with van der Waals surface area (Å²) in [6, 6.07) is 18.1. The molecule has 0 aliphatic carbocycles. The van der Waals surface area contributed by atoms with E-state index in [4.69, 9.17) is 4.74 Å². The second-order valence-electron chi connectivity index (χ2n) is 7.68. The van der Waals surface area contributed by atoms with Crippen LogP contribution in [-0.2, 0) is 0 Å². The number of methoxy groups -OCH3 is 1. The topological polar surface area (TPSA) is 45.7 Å². The molecule has 0 spiro atoms. The lowest BCUT2D eigenvalue weighted by molar-refractivity contribution is 0.0742. The first kappa shape index (κ1) is 21.2. The molecule has 1 fully saturated rings. The Bertz CT molecular complexity index is 1080. The highest BCUT2D eigenvalue weighted by Crippen LogP contribution is 2.31. The van der Waals surface area contributed by atoms with Crippen LogP contribution >= 0.6 is 11.8 Å². The van der Waals surface area contributed by atoms with Crippen molar-refractivity contribution in [2.24, 2.45) is 0 Å². The van der Waals surface area contributed by atoms with Crippen molar-refractivity contribution < 1.29 is 9.53 Å². The second-order valence-corrected chi connectivity index (χ2v) is 8.75. The maximum Gasteiger partial charge on any atom is 0.256 e. The Hall–Kier alpha value is -2.99. The van der Waals surface area contributed by atoms with Crippen LogP contribution in [0.5, 0.6) is 5.75 Å². The summed E-state index contributed by atoms with van der Waals surface area (Å²) in [5.41, 5.74) is 4.29. The number of carbonyl (C=O) groups excluding carboxylic acids is 1. The normalized spacial score (nSPS) is 13.9. The average molecular weight is 434 g/mol. The summed E-state index contributed by atoms with van der Waals surface area (Å²) in [5, 5.41) is 0.756. The lowest BCUT2D eigenvalue weighted by atomic mass is 10.1. The van der Waals surface area contributed by atoms with Crippen LogP contribution in [0.3, 0.4) is 0 Å². The van der Waals surface area contributed by atoms with E-state index in [0.29, 0.717) is 18.7 Å². The number of aromatic nitrogens is 1. The quantitative estimate of drug-likeness (QED) is 0.577. The average Bonchev–Trinajstić information content (AvgIpc) is 2.81. The number of benzene rings is 2. The van der Waals surface area contributed by atoms with Gasteiger partial charge in [-0.2, -0.15) is 0 Å². The predicted octanol–water partition coefficient (Wildman–Crippen LogP) is 4.82. The molecule has 5 nitrogen and oxygen atoms in total. The number of hydrogen-bond donors (Lipinski definition) is 0. The number of aryl methyl sites for hydroxylation is 2. The number of anilines is 1. The number of amides is 1. The first-order chi connectivity index (χ1) is 15.0. The highest BCUT2D eigenvalue weighted by atomic mass is 32.2. The minimum absolute atomic E-state index is 0.0460. The van der Waals surface area contributed by atoms with E-state index in [9.17, 15) is 4.79 Å². The van der Waals surface area contributed by atoms with Crippen LogP contribution < -0.4 is 9.64 Å². The van der Waals surface area contributed by atoms with Crippen LogP contribution in [0.2, 0.25) is 0 Å². The van der Waals surface area contributed by atoms with E-state index in [1.807, 2.05) is 35.2 Å². The zero-order valence-corrected chi connectivity index (χ0v) is 19.0. The molecular formula is C25H27N3O2S. The van der Waals surface area contributed by atoms with Crippen molar-refractivity contribution >= 4 is 23.4 Å². The van der Waals surface area contributed by atoms with E-state index in [1.165, 1.54) is 11.1 Å². The summed E-state index contributed by atoms with van der Waals surface area (Å²) in [4.78, 5) is 23.1. The molecule has 1 aliphatic heterocycles. The standard InChI is InChI=1S/C25H27N3O2S/c1-18-9-10-22(16-19(18)2)31-24-23(8-5-11-26-24)25(29)28-14-12-27(13-15-28)20-6-4-7-21(17-20)30-3/h4-11,16-17H,12-15H2,1-3H3. The van der Waals surface area contributed by atoms with E-state index >= 15 is 0 Å². The highest BCUT2D eigenvalue weighted by Gasteiger charge is 2.25.